The van der Waals surface area contributed by atoms with Crippen molar-refractivity contribution in [2.24, 2.45) is 0 Å². The van der Waals surface area contributed by atoms with E-state index in [0.29, 0.717) is 5.39 Å². The zero-order valence-corrected chi connectivity index (χ0v) is 24.6. The first-order valence-electron chi connectivity index (χ1n) is 13.5. The molecule has 1 fully saturated rings. The van der Waals surface area contributed by atoms with E-state index < -0.39 is 63.0 Å². The molecule has 0 saturated carbocycles. The Morgan fingerprint density at radius 3 is 2.61 bits per heavy atom. The lowest BCUT2D eigenvalue weighted by Gasteiger charge is -2.31. The number of hydrogen-bond acceptors (Lipinski definition) is 11. The Bertz CT molecular complexity index is 1710. The maximum atomic E-state index is 15.7. The van der Waals surface area contributed by atoms with E-state index in [-0.39, 0.29) is 22.7 Å². The van der Waals surface area contributed by atoms with Gasteiger partial charge in [0.25, 0.3) is 6.43 Å². The van der Waals surface area contributed by atoms with Crippen LogP contribution in [0.2, 0.25) is 0 Å². The maximum absolute atomic E-state index is 15.7. The first-order chi connectivity index (χ1) is 20.8. The van der Waals surface area contributed by atoms with Crippen molar-refractivity contribution in [1.29, 1.82) is 0 Å². The Morgan fingerprint density at radius 2 is 1.91 bits per heavy atom. The number of fused-ring (bicyclic) bond motifs is 2. The summed E-state index contributed by atoms with van der Waals surface area (Å²) in [5.74, 6) is -0.873. The Kier molecular flexibility index (Phi) is 8.82. The number of esters is 1. The standard InChI is InChI=1S/C27H30F3N6O7P/c1-14(2)41-25(38)15(3)35-44(39,43-18-9-8-16-6-4-5-7-17(16)10-18)40-11-27(26(29)30)21(28)20(37)24(42-27)36-13-34-19-22(31)32-12-33-23(19)36/h4-10,12-15,20-21,24,26,37H,11H2,1-3H3,(H,35,39)(H2,31,32,33). The number of benzene rings is 2. The Labute approximate surface area is 249 Å². The lowest BCUT2D eigenvalue weighted by molar-refractivity contribution is -0.182. The second-order valence-corrected chi connectivity index (χ2v) is 12.1. The zero-order chi connectivity index (χ0) is 31.8. The number of rotatable bonds is 11. The molecule has 44 heavy (non-hydrogen) atoms. The lowest BCUT2D eigenvalue weighted by atomic mass is 9.98. The van der Waals surface area contributed by atoms with Crippen LogP contribution in [0.4, 0.5) is 19.0 Å². The minimum Gasteiger partial charge on any atom is -0.462 e. The van der Waals surface area contributed by atoms with Crippen LogP contribution in [0.5, 0.6) is 5.75 Å². The normalized spacial score (nSPS) is 24.2. The number of aliphatic hydroxyl groups excluding tert-OH is 1. The Balaban J connectivity index is 1.45. The van der Waals surface area contributed by atoms with E-state index in [2.05, 4.69) is 20.0 Å². The monoisotopic (exact) mass is 638 g/mol. The molecular formula is C27H30F3N6O7P. The van der Waals surface area contributed by atoms with Crippen LogP contribution in [0.25, 0.3) is 21.9 Å². The third kappa shape index (κ3) is 6.08. The van der Waals surface area contributed by atoms with Crippen molar-refractivity contribution >= 4 is 41.5 Å². The van der Waals surface area contributed by atoms with E-state index in [1.807, 2.05) is 12.1 Å². The van der Waals surface area contributed by atoms with E-state index in [1.165, 1.54) is 19.1 Å². The van der Waals surface area contributed by atoms with Gasteiger partial charge in [0.2, 0.25) is 0 Å². The summed E-state index contributed by atoms with van der Waals surface area (Å²) in [4.78, 5) is 24.3. The fourth-order valence-electron chi connectivity index (χ4n) is 4.68. The summed E-state index contributed by atoms with van der Waals surface area (Å²) in [6, 6.07) is 10.5. The predicted octanol–water partition coefficient (Wildman–Crippen LogP) is 3.93. The van der Waals surface area contributed by atoms with E-state index in [9.17, 15) is 23.2 Å². The number of anilines is 1. The van der Waals surface area contributed by atoms with Crippen molar-refractivity contribution in [3.63, 3.8) is 0 Å². The van der Waals surface area contributed by atoms with Gasteiger partial charge in [0.1, 0.15) is 29.7 Å². The summed E-state index contributed by atoms with van der Waals surface area (Å²) in [6.45, 7) is 3.13. The molecule has 2 aromatic heterocycles. The molecule has 1 aliphatic rings. The van der Waals surface area contributed by atoms with E-state index in [0.717, 1.165) is 22.6 Å². The third-order valence-corrected chi connectivity index (χ3v) is 8.52. The molecular weight excluding hydrogens is 608 g/mol. The molecule has 6 atom stereocenters. The van der Waals surface area contributed by atoms with Crippen molar-refractivity contribution in [3.8, 4) is 5.75 Å². The van der Waals surface area contributed by atoms with E-state index in [1.54, 1.807) is 32.0 Å². The summed E-state index contributed by atoms with van der Waals surface area (Å²) >= 11 is 0. The molecule has 3 heterocycles. The molecule has 4 N–H and O–H groups in total. The fourth-order valence-corrected chi connectivity index (χ4v) is 6.20. The number of carbonyl (C=O) groups is 1. The van der Waals surface area contributed by atoms with E-state index >= 15 is 4.39 Å². The minimum absolute atomic E-state index is 0.000680. The van der Waals surface area contributed by atoms with Gasteiger partial charge in [-0.3, -0.25) is 13.9 Å². The molecule has 0 spiro atoms. The largest absolute Gasteiger partial charge is 0.462 e. The van der Waals surface area contributed by atoms with Gasteiger partial charge in [0.15, 0.2) is 29.5 Å². The summed E-state index contributed by atoms with van der Waals surface area (Å²) < 4.78 is 81.7. The number of carbonyl (C=O) groups excluding carboxylic acids is 1. The van der Waals surface area contributed by atoms with Gasteiger partial charge in [-0.1, -0.05) is 30.3 Å². The van der Waals surface area contributed by atoms with Gasteiger partial charge in [-0.25, -0.2) is 32.7 Å². The first kappa shape index (κ1) is 31.6. The summed E-state index contributed by atoms with van der Waals surface area (Å²) in [5, 5.41) is 14.6. The second kappa shape index (κ2) is 12.3. The number of ether oxygens (including phenoxy) is 2. The first-order valence-corrected chi connectivity index (χ1v) is 15.0. The highest BCUT2D eigenvalue weighted by molar-refractivity contribution is 7.52. The van der Waals surface area contributed by atoms with Gasteiger partial charge in [-0.2, -0.15) is 5.09 Å². The van der Waals surface area contributed by atoms with Crippen LogP contribution in [-0.2, 0) is 23.4 Å². The van der Waals surface area contributed by atoms with Crippen molar-refractivity contribution in [2.45, 2.75) is 63.4 Å². The van der Waals surface area contributed by atoms with Gasteiger partial charge in [0.05, 0.1) is 19.0 Å². The van der Waals surface area contributed by atoms with Crippen molar-refractivity contribution < 1.29 is 46.2 Å². The molecule has 0 aliphatic carbocycles. The lowest BCUT2D eigenvalue weighted by Crippen LogP contribution is -2.51. The average Bonchev–Trinajstić information content (AvgIpc) is 3.51. The molecule has 0 amide bonds. The molecule has 4 aromatic rings. The molecule has 5 rings (SSSR count). The van der Waals surface area contributed by atoms with Gasteiger partial charge >= 0.3 is 13.7 Å². The van der Waals surface area contributed by atoms with E-state index in [4.69, 9.17) is 24.3 Å². The number of aliphatic hydroxyl groups is 1. The topological polar surface area (TPSA) is 173 Å². The smallest absolute Gasteiger partial charge is 0.459 e. The molecule has 1 aliphatic heterocycles. The van der Waals surface area contributed by atoms with Gasteiger partial charge < -0.3 is 24.8 Å². The van der Waals surface area contributed by atoms with Crippen LogP contribution >= 0.6 is 7.75 Å². The number of imidazole rings is 1. The number of hydrogen-bond donors (Lipinski definition) is 3. The average molecular weight is 639 g/mol. The third-order valence-electron chi connectivity index (χ3n) is 6.89. The number of nitrogens with two attached hydrogens (primary N) is 1. The fraction of sp³-hybridized carbons (Fsp3) is 0.407. The quantitative estimate of drug-likeness (QED) is 0.160. The minimum atomic E-state index is -4.75. The second-order valence-electron chi connectivity index (χ2n) is 10.4. The molecule has 6 unspecified atom stereocenters. The predicted molar refractivity (Wildman–Crippen MR) is 151 cm³/mol. The molecule has 236 valence electrons. The molecule has 0 radical (unpaired) electrons. The van der Waals surface area contributed by atoms with Gasteiger partial charge in [-0.05, 0) is 43.7 Å². The number of nitrogens with one attached hydrogen (secondary N) is 1. The SMILES string of the molecule is CC(C)OC(=O)C(C)NP(=O)(OCC1(C(F)F)OC(n2cnc3c(N)ncnc32)C(O)C1F)Oc1ccc2ccccc2c1. The zero-order valence-electron chi connectivity index (χ0n) is 23.7. The van der Waals surface area contributed by atoms with Crippen molar-refractivity contribution in [2.75, 3.05) is 12.3 Å². The number of nitrogen functional groups attached to an aromatic ring is 1. The van der Waals surface area contributed by atoms with Crippen LogP contribution in [-0.4, -0.2) is 73.6 Å². The molecule has 1 saturated heterocycles. The highest BCUT2D eigenvalue weighted by Gasteiger charge is 2.63. The van der Waals surface area contributed by atoms with Crippen LogP contribution < -0.4 is 15.3 Å². The van der Waals surface area contributed by atoms with Gasteiger partial charge in [0, 0.05) is 0 Å². The van der Waals surface area contributed by atoms with Crippen LogP contribution in [0.1, 0.15) is 27.0 Å². The Hall–Kier alpha value is -3.82. The number of halogens is 3. The van der Waals surface area contributed by atoms with Crippen LogP contribution in [0.3, 0.4) is 0 Å². The Morgan fingerprint density at radius 1 is 1.18 bits per heavy atom. The van der Waals surface area contributed by atoms with Gasteiger partial charge in [-0.15, -0.1) is 0 Å². The summed E-state index contributed by atoms with van der Waals surface area (Å²) in [5.41, 5.74) is 2.71. The highest BCUT2D eigenvalue weighted by Crippen LogP contribution is 2.50. The summed E-state index contributed by atoms with van der Waals surface area (Å²) in [6.07, 6.45) is -8.62. The number of alkyl halides is 3. The number of aromatic nitrogens is 4. The van der Waals surface area contributed by atoms with Crippen LogP contribution in [0, 0.1) is 0 Å². The highest BCUT2D eigenvalue weighted by atomic mass is 31.2. The molecule has 17 heteroatoms. The maximum Gasteiger partial charge on any atom is 0.459 e. The molecule has 2 aromatic carbocycles. The molecule has 13 nitrogen and oxygen atoms in total. The van der Waals surface area contributed by atoms with Crippen LogP contribution in [0.15, 0.2) is 55.1 Å². The van der Waals surface area contributed by atoms with Crippen molar-refractivity contribution in [1.82, 2.24) is 24.6 Å². The number of nitrogens with zero attached hydrogens (tertiary/aromatic N) is 4. The van der Waals surface area contributed by atoms with Crippen molar-refractivity contribution in [3.05, 3.63) is 55.1 Å². The summed E-state index contributed by atoms with van der Waals surface area (Å²) in [7, 11) is -4.75. The molecule has 0 bridgehead atoms.